The maximum absolute atomic E-state index is 14.1. The van der Waals surface area contributed by atoms with Crippen LogP contribution < -0.4 is 4.74 Å². The second-order valence-electron chi connectivity index (χ2n) is 6.87. The third kappa shape index (κ3) is 3.62. The molecule has 136 valence electrons. The zero-order valence-corrected chi connectivity index (χ0v) is 14.8. The second-order valence-corrected chi connectivity index (χ2v) is 6.87. The van der Waals surface area contributed by atoms with Crippen molar-refractivity contribution < 1.29 is 18.7 Å². The van der Waals surface area contributed by atoms with Crippen LogP contribution in [0.2, 0.25) is 0 Å². The Hall–Kier alpha value is -2.11. The van der Waals surface area contributed by atoms with Gasteiger partial charge in [0.25, 0.3) is 5.91 Å². The molecule has 2 atom stereocenters. The van der Waals surface area contributed by atoms with Gasteiger partial charge in [-0.05, 0) is 49.9 Å². The number of alkyl halides is 1. The van der Waals surface area contributed by atoms with Crippen molar-refractivity contribution in [3.05, 3.63) is 29.3 Å². The quantitative estimate of drug-likeness (QED) is 0.844. The first-order valence-electron chi connectivity index (χ1n) is 8.89. The zero-order chi connectivity index (χ0) is 18.0. The fourth-order valence-electron chi connectivity index (χ4n) is 3.73. The van der Waals surface area contributed by atoms with Crippen LogP contribution in [0.3, 0.4) is 0 Å². The SMILES string of the molecule is COc1ccc(C(=O)N2C[C@@H](F)C[C@H]2C(=O)N2CCCCC2)c(C)c1. The van der Waals surface area contributed by atoms with Crippen LogP contribution in [0, 0.1) is 6.92 Å². The number of benzene rings is 1. The van der Waals surface area contributed by atoms with E-state index in [9.17, 15) is 14.0 Å². The van der Waals surface area contributed by atoms with Gasteiger partial charge in [0, 0.05) is 25.1 Å². The van der Waals surface area contributed by atoms with Crippen LogP contribution in [0.25, 0.3) is 0 Å². The van der Waals surface area contributed by atoms with Crippen molar-refractivity contribution in [2.75, 3.05) is 26.7 Å². The summed E-state index contributed by atoms with van der Waals surface area (Å²) < 4.78 is 19.2. The first kappa shape index (κ1) is 17.7. The Bertz CT molecular complexity index is 658. The van der Waals surface area contributed by atoms with Crippen LogP contribution in [-0.2, 0) is 4.79 Å². The van der Waals surface area contributed by atoms with Gasteiger partial charge in [-0.15, -0.1) is 0 Å². The molecule has 0 saturated carbocycles. The predicted octanol–water partition coefficient (Wildman–Crippen LogP) is 2.57. The molecular formula is C19H25FN2O3. The van der Waals surface area contributed by atoms with E-state index < -0.39 is 12.2 Å². The minimum absolute atomic E-state index is 0.0193. The van der Waals surface area contributed by atoms with Crippen molar-refractivity contribution in [3.63, 3.8) is 0 Å². The Morgan fingerprint density at radius 2 is 1.92 bits per heavy atom. The van der Waals surface area contributed by atoms with Crippen LogP contribution in [0.4, 0.5) is 4.39 Å². The van der Waals surface area contributed by atoms with Gasteiger partial charge in [-0.2, -0.15) is 0 Å². The number of nitrogens with zero attached hydrogens (tertiary/aromatic N) is 2. The molecular weight excluding hydrogens is 323 g/mol. The van der Waals surface area contributed by atoms with Crippen molar-refractivity contribution in [1.29, 1.82) is 0 Å². The number of methoxy groups -OCH3 is 1. The summed E-state index contributed by atoms with van der Waals surface area (Å²) in [5, 5.41) is 0. The van der Waals surface area contributed by atoms with E-state index in [1.165, 1.54) is 4.90 Å². The highest BCUT2D eigenvalue weighted by atomic mass is 19.1. The first-order valence-corrected chi connectivity index (χ1v) is 8.89. The Morgan fingerprint density at radius 1 is 1.20 bits per heavy atom. The van der Waals surface area contributed by atoms with E-state index in [4.69, 9.17) is 4.74 Å². The van der Waals surface area contributed by atoms with E-state index >= 15 is 0 Å². The normalized spacial score (nSPS) is 23.6. The summed E-state index contributed by atoms with van der Waals surface area (Å²) in [5.74, 6) is 0.273. The van der Waals surface area contributed by atoms with E-state index in [1.54, 1.807) is 30.2 Å². The van der Waals surface area contributed by atoms with Crippen LogP contribution >= 0.6 is 0 Å². The number of hydrogen-bond donors (Lipinski definition) is 0. The highest BCUT2D eigenvalue weighted by Crippen LogP contribution is 2.27. The molecule has 1 aromatic rings. The fraction of sp³-hybridized carbons (Fsp3) is 0.579. The summed E-state index contributed by atoms with van der Waals surface area (Å²) in [6, 6.07) is 4.48. The summed E-state index contributed by atoms with van der Waals surface area (Å²) in [6.45, 7) is 3.21. The lowest BCUT2D eigenvalue weighted by Gasteiger charge is -2.32. The summed E-state index contributed by atoms with van der Waals surface area (Å²) in [6.07, 6.45) is 2.01. The minimum atomic E-state index is -1.15. The summed E-state index contributed by atoms with van der Waals surface area (Å²) in [7, 11) is 1.57. The number of rotatable bonds is 3. The summed E-state index contributed by atoms with van der Waals surface area (Å²) in [4.78, 5) is 29.0. The average Bonchev–Trinajstić information content (AvgIpc) is 3.03. The third-order valence-electron chi connectivity index (χ3n) is 5.13. The Morgan fingerprint density at radius 3 is 2.56 bits per heavy atom. The number of carbonyl (C=O) groups excluding carboxylic acids is 2. The first-order chi connectivity index (χ1) is 12.0. The zero-order valence-electron chi connectivity index (χ0n) is 14.8. The lowest BCUT2D eigenvalue weighted by Crippen LogP contribution is -2.49. The lowest BCUT2D eigenvalue weighted by atomic mass is 10.1. The molecule has 25 heavy (non-hydrogen) atoms. The molecule has 2 aliphatic rings. The highest BCUT2D eigenvalue weighted by Gasteiger charge is 2.42. The van der Waals surface area contributed by atoms with E-state index in [2.05, 4.69) is 0 Å². The van der Waals surface area contributed by atoms with Gasteiger partial charge < -0.3 is 14.5 Å². The third-order valence-corrected chi connectivity index (χ3v) is 5.13. The Kier molecular flexibility index (Phi) is 5.25. The van der Waals surface area contributed by atoms with Gasteiger partial charge in [0.1, 0.15) is 18.0 Å². The Labute approximate surface area is 147 Å². The van der Waals surface area contributed by atoms with Crippen LogP contribution in [0.5, 0.6) is 5.75 Å². The van der Waals surface area contributed by atoms with Gasteiger partial charge in [-0.25, -0.2) is 4.39 Å². The second kappa shape index (κ2) is 7.42. The number of aryl methyl sites for hydroxylation is 1. The molecule has 1 aromatic carbocycles. The molecule has 0 spiro atoms. The standard InChI is InChI=1S/C19H25FN2O3/c1-13-10-15(25-2)6-7-16(13)18(23)22-12-14(20)11-17(22)19(24)21-8-4-3-5-9-21/h6-7,10,14,17H,3-5,8-9,11-12H2,1-2H3/t14-,17-/m0/s1. The Balaban J connectivity index is 1.81. The lowest BCUT2D eigenvalue weighted by molar-refractivity contribution is -0.136. The smallest absolute Gasteiger partial charge is 0.254 e. The molecule has 0 radical (unpaired) electrons. The van der Waals surface area contributed by atoms with Gasteiger partial charge in [-0.3, -0.25) is 9.59 Å². The highest BCUT2D eigenvalue weighted by molar-refractivity contribution is 5.99. The van der Waals surface area contributed by atoms with E-state index in [1.807, 2.05) is 6.92 Å². The van der Waals surface area contributed by atoms with Gasteiger partial charge in [0.15, 0.2) is 0 Å². The van der Waals surface area contributed by atoms with Crippen molar-refractivity contribution in [1.82, 2.24) is 9.80 Å². The van der Waals surface area contributed by atoms with E-state index in [0.29, 0.717) is 24.4 Å². The molecule has 0 N–H and O–H groups in total. The van der Waals surface area contributed by atoms with Gasteiger partial charge in [-0.1, -0.05) is 0 Å². The molecule has 2 heterocycles. The van der Waals surface area contributed by atoms with Gasteiger partial charge in [0.2, 0.25) is 5.91 Å². The molecule has 0 aliphatic carbocycles. The molecule has 0 aromatic heterocycles. The maximum atomic E-state index is 14.1. The fourth-order valence-corrected chi connectivity index (χ4v) is 3.73. The molecule has 2 saturated heterocycles. The number of hydrogen-bond acceptors (Lipinski definition) is 3. The minimum Gasteiger partial charge on any atom is -0.497 e. The molecule has 6 heteroatoms. The number of carbonyl (C=O) groups is 2. The van der Waals surface area contributed by atoms with Crippen molar-refractivity contribution >= 4 is 11.8 Å². The summed E-state index contributed by atoms with van der Waals surface area (Å²) in [5.41, 5.74) is 1.25. The molecule has 0 bridgehead atoms. The van der Waals surface area contributed by atoms with Crippen LogP contribution in [0.1, 0.15) is 41.6 Å². The van der Waals surface area contributed by atoms with Gasteiger partial charge in [0.05, 0.1) is 13.7 Å². The van der Waals surface area contributed by atoms with Crippen molar-refractivity contribution in [3.8, 4) is 5.75 Å². The topological polar surface area (TPSA) is 49.9 Å². The summed E-state index contributed by atoms with van der Waals surface area (Å²) >= 11 is 0. The molecule has 2 fully saturated rings. The maximum Gasteiger partial charge on any atom is 0.254 e. The molecule has 3 rings (SSSR count). The average molecular weight is 348 g/mol. The molecule has 5 nitrogen and oxygen atoms in total. The molecule has 2 aliphatic heterocycles. The molecule has 0 unspecified atom stereocenters. The van der Waals surface area contributed by atoms with E-state index in [0.717, 1.165) is 24.8 Å². The monoisotopic (exact) mass is 348 g/mol. The van der Waals surface area contributed by atoms with Crippen molar-refractivity contribution in [2.24, 2.45) is 0 Å². The molecule has 2 amide bonds. The van der Waals surface area contributed by atoms with E-state index in [-0.39, 0.29) is 24.8 Å². The van der Waals surface area contributed by atoms with Gasteiger partial charge >= 0.3 is 0 Å². The van der Waals surface area contributed by atoms with Crippen molar-refractivity contribution in [2.45, 2.75) is 44.8 Å². The number of ether oxygens (including phenoxy) is 1. The number of halogens is 1. The van der Waals surface area contributed by atoms with Crippen LogP contribution in [0.15, 0.2) is 18.2 Å². The largest absolute Gasteiger partial charge is 0.497 e. The number of amides is 2. The van der Waals surface area contributed by atoms with Crippen LogP contribution in [-0.4, -0.2) is 60.6 Å². The number of likely N-dealkylation sites (tertiary alicyclic amines) is 2. The predicted molar refractivity (Wildman–Crippen MR) is 92.5 cm³/mol. The number of piperidine rings is 1.